The minimum absolute atomic E-state index is 0.155. The Morgan fingerprint density at radius 3 is 2.62 bits per heavy atom. The first-order valence-corrected chi connectivity index (χ1v) is 6.49. The number of halogens is 5. The molecule has 1 amide bonds. The Labute approximate surface area is 120 Å². The molecule has 2 rings (SSSR count). The number of fused-ring (bicyclic) bond motifs is 1. The molecule has 0 spiro atoms. The number of aromatic nitrogens is 1. The predicted octanol–water partition coefficient (Wildman–Crippen LogP) is 3.63. The van der Waals surface area contributed by atoms with Crippen LogP contribution in [0.4, 0.5) is 27.8 Å². The Bertz CT molecular complexity index is 667. The lowest BCUT2D eigenvalue weighted by molar-refractivity contribution is -0.170. The quantitative estimate of drug-likeness (QED) is 0.808. The van der Waals surface area contributed by atoms with E-state index in [2.05, 4.69) is 4.37 Å². The molecule has 1 heterocycles. The molecule has 9 heteroatoms. The second-order valence-corrected chi connectivity index (χ2v) is 5.06. The van der Waals surface area contributed by atoms with Gasteiger partial charge in [0.1, 0.15) is 0 Å². The zero-order chi connectivity index (χ0) is 15.8. The highest BCUT2D eigenvalue weighted by Gasteiger charge is 2.42. The molecule has 0 aliphatic rings. The number of alkyl halides is 5. The normalized spacial score (nSPS) is 12.1. The van der Waals surface area contributed by atoms with Gasteiger partial charge in [-0.3, -0.25) is 9.69 Å². The number of benzene rings is 1. The fourth-order valence-corrected chi connectivity index (χ4v) is 2.75. The molecule has 1 aromatic heterocycles. The van der Waals surface area contributed by atoms with E-state index in [1.807, 2.05) is 0 Å². The molecule has 2 aromatic rings. The van der Waals surface area contributed by atoms with Crippen molar-refractivity contribution in [3.8, 4) is 0 Å². The van der Waals surface area contributed by atoms with Gasteiger partial charge in [0.2, 0.25) is 6.43 Å². The van der Waals surface area contributed by atoms with E-state index >= 15 is 0 Å². The second-order valence-electron chi connectivity index (χ2n) is 4.25. The van der Waals surface area contributed by atoms with E-state index in [0.717, 1.165) is 18.6 Å². The van der Waals surface area contributed by atoms with E-state index in [4.69, 9.17) is 0 Å². The molecule has 0 saturated heterocycles. The van der Waals surface area contributed by atoms with Gasteiger partial charge < -0.3 is 0 Å². The van der Waals surface area contributed by atoms with Gasteiger partial charge in [-0.2, -0.15) is 17.5 Å². The fraction of sp³-hybridized carbons (Fsp3) is 0.333. The molecule has 0 unspecified atom stereocenters. The van der Waals surface area contributed by atoms with Crippen LogP contribution in [-0.2, 0) is 11.2 Å². The molecule has 0 bridgehead atoms. The maximum atomic E-state index is 12.6. The summed E-state index contributed by atoms with van der Waals surface area (Å²) >= 11 is 0.855. The van der Waals surface area contributed by atoms with Crippen LogP contribution in [0.5, 0.6) is 0 Å². The Hall–Kier alpha value is -1.77. The van der Waals surface area contributed by atoms with Gasteiger partial charge in [0.05, 0.1) is 4.70 Å². The molecule has 0 fully saturated rings. The molecular weight excluding hydrogens is 315 g/mol. The van der Waals surface area contributed by atoms with Crippen LogP contribution in [0.3, 0.4) is 0 Å². The molecule has 1 aromatic carbocycles. The minimum atomic E-state index is -5.05. The van der Waals surface area contributed by atoms with E-state index < -0.39 is 24.9 Å². The van der Waals surface area contributed by atoms with Gasteiger partial charge in [-0.05, 0) is 23.2 Å². The summed E-state index contributed by atoms with van der Waals surface area (Å²) in [5.41, 5.74) is 0.160. The first-order chi connectivity index (χ1) is 9.71. The number of hydrogen-bond donors (Lipinski definition) is 0. The van der Waals surface area contributed by atoms with E-state index in [-0.39, 0.29) is 16.8 Å². The maximum absolute atomic E-state index is 12.6. The van der Waals surface area contributed by atoms with Gasteiger partial charge in [-0.15, -0.1) is 0 Å². The molecule has 114 valence electrons. The largest absolute Gasteiger partial charge is 0.471 e. The number of carbonyl (C=O) groups excluding carboxylic acids is 1. The number of rotatable bonds is 3. The number of hydrogen-bond acceptors (Lipinski definition) is 3. The Kier molecular flexibility index (Phi) is 4.13. The van der Waals surface area contributed by atoms with Crippen molar-refractivity contribution in [3.63, 3.8) is 0 Å². The maximum Gasteiger partial charge on any atom is 0.471 e. The molecule has 0 atom stereocenters. The minimum Gasteiger partial charge on any atom is -0.291 e. The Morgan fingerprint density at radius 2 is 2.05 bits per heavy atom. The summed E-state index contributed by atoms with van der Waals surface area (Å²) in [5, 5.41) is 0.155. The van der Waals surface area contributed by atoms with Crippen molar-refractivity contribution < 1.29 is 26.7 Å². The van der Waals surface area contributed by atoms with Crippen LogP contribution in [0, 0.1) is 0 Å². The third kappa shape index (κ3) is 3.12. The van der Waals surface area contributed by atoms with Crippen LogP contribution in [0.2, 0.25) is 0 Å². The smallest absolute Gasteiger partial charge is 0.291 e. The highest BCUT2D eigenvalue weighted by atomic mass is 32.1. The molecule has 0 saturated carbocycles. The zero-order valence-electron chi connectivity index (χ0n) is 10.6. The average molecular weight is 324 g/mol. The monoisotopic (exact) mass is 324 g/mol. The van der Waals surface area contributed by atoms with Crippen LogP contribution in [0.25, 0.3) is 10.1 Å². The predicted molar refractivity (Wildman–Crippen MR) is 68.8 cm³/mol. The number of nitrogens with zero attached hydrogens (tertiary/aromatic N) is 2. The van der Waals surface area contributed by atoms with Crippen LogP contribution in [0.1, 0.15) is 5.56 Å². The number of carbonyl (C=O) groups is 1. The van der Waals surface area contributed by atoms with Crippen molar-refractivity contribution in [1.29, 1.82) is 0 Å². The topological polar surface area (TPSA) is 33.2 Å². The van der Waals surface area contributed by atoms with Crippen molar-refractivity contribution in [2.24, 2.45) is 0 Å². The van der Waals surface area contributed by atoms with E-state index in [0.29, 0.717) is 9.60 Å². The van der Waals surface area contributed by atoms with Gasteiger partial charge in [0.15, 0.2) is 5.82 Å². The van der Waals surface area contributed by atoms with Gasteiger partial charge in [-0.1, -0.05) is 12.1 Å². The van der Waals surface area contributed by atoms with Crippen LogP contribution < -0.4 is 4.90 Å². The second kappa shape index (κ2) is 5.55. The summed E-state index contributed by atoms with van der Waals surface area (Å²) in [7, 11) is 0.920. The van der Waals surface area contributed by atoms with Crippen LogP contribution >= 0.6 is 11.5 Å². The van der Waals surface area contributed by atoms with Crippen molar-refractivity contribution in [2.45, 2.75) is 19.0 Å². The molecule has 3 nitrogen and oxygen atoms in total. The van der Waals surface area contributed by atoms with Crippen molar-refractivity contribution in [2.75, 3.05) is 11.9 Å². The first-order valence-electron chi connectivity index (χ1n) is 5.72. The summed E-state index contributed by atoms with van der Waals surface area (Å²) in [5.74, 6) is -2.35. The van der Waals surface area contributed by atoms with E-state index in [9.17, 15) is 26.7 Å². The molecule has 0 aliphatic carbocycles. The van der Waals surface area contributed by atoms with Crippen molar-refractivity contribution in [1.82, 2.24) is 4.37 Å². The average Bonchev–Trinajstić information content (AvgIpc) is 2.80. The van der Waals surface area contributed by atoms with Gasteiger partial charge in [0, 0.05) is 18.9 Å². The van der Waals surface area contributed by atoms with Crippen molar-refractivity contribution in [3.05, 3.63) is 23.8 Å². The third-order valence-electron chi connectivity index (χ3n) is 2.81. The van der Waals surface area contributed by atoms with Gasteiger partial charge in [0.25, 0.3) is 0 Å². The Morgan fingerprint density at radius 1 is 1.38 bits per heavy atom. The first kappa shape index (κ1) is 15.6. The molecule has 21 heavy (non-hydrogen) atoms. The summed E-state index contributed by atoms with van der Waals surface area (Å²) in [6, 6.07) is 4.46. The standard InChI is InChI=1S/C12H9F5N2OS/c1-19(11(20)12(15,16)17)10-9-6(5-8(13)14)3-2-4-7(9)21-18-10/h2-4,8H,5H2,1H3. The van der Waals surface area contributed by atoms with Gasteiger partial charge >= 0.3 is 12.1 Å². The lowest BCUT2D eigenvalue weighted by Gasteiger charge is -2.17. The summed E-state index contributed by atoms with van der Waals surface area (Å²) in [4.78, 5) is 11.6. The van der Waals surface area contributed by atoms with Crippen LogP contribution in [-0.4, -0.2) is 29.9 Å². The number of amides is 1. The molecular formula is C12H9F5N2OS. The lowest BCUT2D eigenvalue weighted by Crippen LogP contribution is -2.38. The summed E-state index contributed by atoms with van der Waals surface area (Å²) < 4.78 is 66.8. The number of anilines is 1. The van der Waals surface area contributed by atoms with Gasteiger partial charge in [-0.25, -0.2) is 8.78 Å². The SMILES string of the molecule is CN(C(=O)C(F)(F)F)c1nsc2cccc(CC(F)F)c12. The van der Waals surface area contributed by atoms with Crippen LogP contribution in [0.15, 0.2) is 18.2 Å². The van der Waals surface area contributed by atoms with E-state index in [1.54, 1.807) is 6.07 Å². The third-order valence-corrected chi connectivity index (χ3v) is 3.61. The molecule has 0 N–H and O–H groups in total. The Balaban J connectivity index is 2.52. The lowest BCUT2D eigenvalue weighted by atomic mass is 10.1. The summed E-state index contributed by atoms with van der Waals surface area (Å²) in [6.07, 6.45) is -8.31. The highest BCUT2D eigenvalue weighted by Crippen LogP contribution is 2.34. The highest BCUT2D eigenvalue weighted by molar-refractivity contribution is 7.13. The van der Waals surface area contributed by atoms with E-state index in [1.165, 1.54) is 12.1 Å². The molecule has 0 aliphatic heterocycles. The zero-order valence-corrected chi connectivity index (χ0v) is 11.4. The van der Waals surface area contributed by atoms with Crippen molar-refractivity contribution >= 4 is 33.3 Å². The fourth-order valence-electron chi connectivity index (χ4n) is 1.90. The molecule has 0 radical (unpaired) electrons. The summed E-state index contributed by atoms with van der Waals surface area (Å²) in [6.45, 7) is 0.